The number of hydrogen-bond acceptors (Lipinski definition) is 3. The molecule has 1 aromatic carbocycles. The molecule has 1 unspecified atom stereocenters. The van der Waals surface area contributed by atoms with Crippen molar-refractivity contribution in [1.82, 2.24) is 10.2 Å². The maximum absolute atomic E-state index is 5.86. The van der Waals surface area contributed by atoms with Crippen LogP contribution in [0.15, 0.2) is 16.6 Å². The maximum Gasteiger partial charge on any atom is 0.127 e. The van der Waals surface area contributed by atoms with E-state index in [0.29, 0.717) is 0 Å². The van der Waals surface area contributed by atoms with Crippen molar-refractivity contribution >= 4 is 15.9 Å². The molecule has 4 heteroatoms. The van der Waals surface area contributed by atoms with Crippen molar-refractivity contribution in [2.45, 2.75) is 38.8 Å². The topological polar surface area (TPSA) is 24.5 Å². The highest BCUT2D eigenvalue weighted by molar-refractivity contribution is 9.10. The Bertz CT molecular complexity index is 505. The van der Waals surface area contributed by atoms with Crippen molar-refractivity contribution in [2.75, 3.05) is 26.2 Å². The summed E-state index contributed by atoms with van der Waals surface area (Å²) in [5.41, 5.74) is 2.92. The standard InChI is InChI=1S/C16H23BrN2O/c1-3-16(2)11-18-5-6-19(16)10-13-9-14(17)8-12-4-7-20-15(12)13/h8-9,18H,3-7,10-11H2,1-2H3. The zero-order valence-corrected chi connectivity index (χ0v) is 13.9. The van der Waals surface area contributed by atoms with Crippen molar-refractivity contribution in [3.05, 3.63) is 27.7 Å². The van der Waals surface area contributed by atoms with Gasteiger partial charge in [-0.1, -0.05) is 22.9 Å². The van der Waals surface area contributed by atoms with E-state index in [1.807, 2.05) is 0 Å². The number of nitrogens with zero attached hydrogens (tertiary/aromatic N) is 1. The molecular formula is C16H23BrN2O. The minimum atomic E-state index is 0.242. The monoisotopic (exact) mass is 338 g/mol. The Hall–Kier alpha value is -0.580. The van der Waals surface area contributed by atoms with Gasteiger partial charge in [0.1, 0.15) is 5.75 Å². The van der Waals surface area contributed by atoms with Crippen molar-refractivity contribution in [2.24, 2.45) is 0 Å². The fourth-order valence-corrected chi connectivity index (χ4v) is 3.79. The molecule has 3 rings (SSSR count). The van der Waals surface area contributed by atoms with Gasteiger partial charge in [0.15, 0.2) is 0 Å². The second-order valence-electron chi connectivity index (χ2n) is 6.10. The maximum atomic E-state index is 5.86. The molecule has 1 N–H and O–H groups in total. The van der Waals surface area contributed by atoms with Crippen LogP contribution in [0.3, 0.4) is 0 Å². The van der Waals surface area contributed by atoms with Gasteiger partial charge in [-0.25, -0.2) is 0 Å². The molecule has 3 nitrogen and oxygen atoms in total. The normalized spacial score (nSPS) is 26.4. The molecule has 0 radical (unpaired) electrons. The molecule has 1 fully saturated rings. The molecule has 2 heterocycles. The molecule has 1 saturated heterocycles. The third-order valence-electron chi connectivity index (χ3n) is 4.78. The highest BCUT2D eigenvalue weighted by atomic mass is 79.9. The van der Waals surface area contributed by atoms with Crippen LogP contribution >= 0.6 is 15.9 Å². The van der Waals surface area contributed by atoms with Crippen LogP contribution in [0.1, 0.15) is 31.4 Å². The van der Waals surface area contributed by atoms with Crippen molar-refractivity contribution in [3.63, 3.8) is 0 Å². The summed E-state index contributed by atoms with van der Waals surface area (Å²) < 4.78 is 7.04. The summed E-state index contributed by atoms with van der Waals surface area (Å²) in [7, 11) is 0. The number of halogens is 1. The molecule has 1 aromatic rings. The van der Waals surface area contributed by atoms with E-state index in [2.05, 4.69) is 52.1 Å². The SMILES string of the molecule is CCC1(C)CNCCN1Cc1cc(Br)cc2c1OCC2. The lowest BCUT2D eigenvalue weighted by atomic mass is 9.93. The van der Waals surface area contributed by atoms with E-state index < -0.39 is 0 Å². The van der Waals surface area contributed by atoms with E-state index in [-0.39, 0.29) is 5.54 Å². The van der Waals surface area contributed by atoms with E-state index in [9.17, 15) is 0 Å². The van der Waals surface area contributed by atoms with E-state index >= 15 is 0 Å². The minimum absolute atomic E-state index is 0.242. The minimum Gasteiger partial charge on any atom is -0.493 e. The van der Waals surface area contributed by atoms with Gasteiger partial charge in [0.25, 0.3) is 0 Å². The van der Waals surface area contributed by atoms with E-state index in [1.165, 1.54) is 15.6 Å². The van der Waals surface area contributed by atoms with E-state index in [0.717, 1.165) is 51.4 Å². The third-order valence-corrected chi connectivity index (χ3v) is 5.23. The lowest BCUT2D eigenvalue weighted by Gasteiger charge is -2.45. The van der Waals surface area contributed by atoms with Gasteiger partial charge in [-0.15, -0.1) is 0 Å². The number of piperazine rings is 1. The van der Waals surface area contributed by atoms with E-state index in [4.69, 9.17) is 4.74 Å². The van der Waals surface area contributed by atoms with Crippen LogP contribution in [0, 0.1) is 0 Å². The summed E-state index contributed by atoms with van der Waals surface area (Å²) in [5.74, 6) is 1.13. The largest absolute Gasteiger partial charge is 0.493 e. The van der Waals surface area contributed by atoms with Gasteiger partial charge in [0.2, 0.25) is 0 Å². The summed E-state index contributed by atoms with van der Waals surface area (Å²) in [4.78, 5) is 2.60. The molecule has 20 heavy (non-hydrogen) atoms. The summed E-state index contributed by atoms with van der Waals surface area (Å²) >= 11 is 3.64. The predicted octanol–water partition coefficient (Wildman–Crippen LogP) is 2.96. The molecule has 110 valence electrons. The summed E-state index contributed by atoms with van der Waals surface area (Å²) in [5, 5.41) is 3.52. The number of benzene rings is 1. The van der Waals surface area contributed by atoms with Crippen LogP contribution in [0.2, 0.25) is 0 Å². The average Bonchev–Trinajstić information content (AvgIpc) is 2.89. The molecule has 0 bridgehead atoms. The van der Waals surface area contributed by atoms with Gasteiger partial charge in [0, 0.05) is 48.2 Å². The van der Waals surface area contributed by atoms with Crippen LogP contribution in [-0.4, -0.2) is 36.7 Å². The Kier molecular flexibility index (Phi) is 4.07. The number of fused-ring (bicyclic) bond motifs is 1. The fourth-order valence-electron chi connectivity index (χ4n) is 3.24. The second kappa shape index (κ2) is 5.66. The lowest BCUT2D eigenvalue weighted by molar-refractivity contribution is 0.0630. The number of ether oxygens (including phenoxy) is 1. The second-order valence-corrected chi connectivity index (χ2v) is 7.02. The third kappa shape index (κ3) is 2.61. The Labute approximate surface area is 129 Å². The first kappa shape index (κ1) is 14.4. The molecule has 2 aliphatic heterocycles. The zero-order valence-electron chi connectivity index (χ0n) is 12.3. The van der Waals surface area contributed by atoms with Gasteiger partial charge >= 0.3 is 0 Å². The average molecular weight is 339 g/mol. The van der Waals surface area contributed by atoms with Crippen molar-refractivity contribution < 1.29 is 4.74 Å². The Morgan fingerprint density at radius 3 is 3.10 bits per heavy atom. The number of nitrogens with one attached hydrogen (secondary N) is 1. The molecule has 0 saturated carbocycles. The Balaban J connectivity index is 1.87. The van der Waals surface area contributed by atoms with Crippen LogP contribution in [0.4, 0.5) is 0 Å². The van der Waals surface area contributed by atoms with Crippen molar-refractivity contribution in [1.29, 1.82) is 0 Å². The molecular weight excluding hydrogens is 316 g/mol. The Morgan fingerprint density at radius 1 is 1.45 bits per heavy atom. The summed E-state index contributed by atoms with van der Waals surface area (Å²) in [6.45, 7) is 9.69. The predicted molar refractivity (Wildman–Crippen MR) is 85.3 cm³/mol. The molecule has 0 aromatic heterocycles. The molecule has 1 atom stereocenters. The van der Waals surface area contributed by atoms with Gasteiger partial charge in [0.05, 0.1) is 6.61 Å². The van der Waals surface area contributed by atoms with Crippen LogP contribution in [0.25, 0.3) is 0 Å². The van der Waals surface area contributed by atoms with Crippen LogP contribution in [0.5, 0.6) is 5.75 Å². The van der Waals surface area contributed by atoms with Gasteiger partial charge < -0.3 is 10.1 Å². The highest BCUT2D eigenvalue weighted by Crippen LogP contribution is 2.35. The molecule has 0 spiro atoms. The van der Waals surface area contributed by atoms with Gasteiger partial charge in [-0.2, -0.15) is 0 Å². The first-order chi connectivity index (χ1) is 9.62. The molecule has 2 aliphatic rings. The number of rotatable bonds is 3. The van der Waals surface area contributed by atoms with Gasteiger partial charge in [-0.05, 0) is 31.0 Å². The molecule has 0 aliphatic carbocycles. The van der Waals surface area contributed by atoms with Crippen LogP contribution in [-0.2, 0) is 13.0 Å². The highest BCUT2D eigenvalue weighted by Gasteiger charge is 2.33. The summed E-state index contributed by atoms with van der Waals surface area (Å²) in [6, 6.07) is 4.42. The summed E-state index contributed by atoms with van der Waals surface area (Å²) in [6.07, 6.45) is 2.20. The fraction of sp³-hybridized carbons (Fsp3) is 0.625. The number of hydrogen-bond donors (Lipinski definition) is 1. The lowest BCUT2D eigenvalue weighted by Crippen LogP contribution is -2.58. The smallest absolute Gasteiger partial charge is 0.127 e. The quantitative estimate of drug-likeness (QED) is 0.916. The first-order valence-electron chi connectivity index (χ1n) is 7.52. The molecule has 0 amide bonds. The van der Waals surface area contributed by atoms with E-state index in [1.54, 1.807) is 0 Å². The van der Waals surface area contributed by atoms with Crippen LogP contribution < -0.4 is 10.1 Å². The van der Waals surface area contributed by atoms with Crippen molar-refractivity contribution in [3.8, 4) is 5.75 Å². The zero-order chi connectivity index (χ0) is 14.2. The van der Waals surface area contributed by atoms with Gasteiger partial charge in [-0.3, -0.25) is 4.90 Å². The Morgan fingerprint density at radius 2 is 2.30 bits per heavy atom. The first-order valence-corrected chi connectivity index (χ1v) is 8.31.